The van der Waals surface area contributed by atoms with Gasteiger partial charge in [-0.05, 0) is 11.5 Å². The van der Waals surface area contributed by atoms with Gasteiger partial charge in [0.2, 0.25) is 0 Å². The fourth-order valence-electron chi connectivity index (χ4n) is 0.694. The van der Waals surface area contributed by atoms with Crippen molar-refractivity contribution in [1.29, 1.82) is 0 Å². The zero-order valence-corrected chi connectivity index (χ0v) is 9.33. The number of alkyl halides is 5. The van der Waals surface area contributed by atoms with Gasteiger partial charge in [0.25, 0.3) is 0 Å². The molecule has 0 nitrogen and oxygen atoms in total. The van der Waals surface area contributed by atoms with Crippen molar-refractivity contribution in [3.63, 3.8) is 0 Å². The van der Waals surface area contributed by atoms with Crippen LogP contribution in [0.2, 0.25) is 0 Å². The Bertz CT molecular complexity index is 162. The summed E-state index contributed by atoms with van der Waals surface area (Å²) in [5, 5.41) is 0. The predicted molar refractivity (Wildman–Crippen MR) is 51.1 cm³/mol. The van der Waals surface area contributed by atoms with Gasteiger partial charge in [-0.1, -0.05) is 13.8 Å². The number of halogens is 5. The Morgan fingerprint density at radius 3 is 1.50 bits per heavy atom. The molecule has 0 N–H and O–H groups in total. The van der Waals surface area contributed by atoms with E-state index in [1.807, 2.05) is 0 Å². The maximum absolute atomic E-state index is 12.8. The van der Waals surface area contributed by atoms with E-state index in [0.29, 0.717) is 23.5 Å². The third kappa shape index (κ3) is 3.49. The van der Waals surface area contributed by atoms with Crippen molar-refractivity contribution >= 4 is 23.5 Å². The average Bonchev–Trinajstić information content (AvgIpc) is 2.02. The van der Waals surface area contributed by atoms with Crippen LogP contribution in [0.25, 0.3) is 0 Å². The monoisotopic (exact) mass is 254 g/mol. The van der Waals surface area contributed by atoms with Crippen LogP contribution in [0, 0.1) is 0 Å². The van der Waals surface area contributed by atoms with Crippen molar-refractivity contribution in [2.45, 2.75) is 30.5 Å². The van der Waals surface area contributed by atoms with E-state index in [4.69, 9.17) is 0 Å². The van der Waals surface area contributed by atoms with Gasteiger partial charge < -0.3 is 0 Å². The molecule has 0 saturated carbocycles. The zero-order chi connectivity index (χ0) is 11.4. The molecule has 7 heteroatoms. The molecule has 0 aromatic rings. The Hall–Kier alpha value is 0.350. The molecule has 0 heterocycles. The highest BCUT2D eigenvalue weighted by atomic mass is 32.2. The second-order valence-corrected chi connectivity index (χ2v) is 5.43. The van der Waals surface area contributed by atoms with Crippen LogP contribution >= 0.6 is 23.5 Å². The van der Waals surface area contributed by atoms with Gasteiger partial charge in [-0.15, -0.1) is 23.5 Å². The van der Waals surface area contributed by atoms with E-state index in [1.165, 1.54) is 0 Å². The molecule has 0 bridgehead atoms. The highest BCUT2D eigenvalue weighted by Gasteiger charge is 2.62. The quantitative estimate of drug-likeness (QED) is 0.537. The van der Waals surface area contributed by atoms with E-state index in [-0.39, 0.29) is 11.5 Å². The largest absolute Gasteiger partial charge is 0.455 e. The third-order valence-corrected chi connectivity index (χ3v) is 3.99. The summed E-state index contributed by atoms with van der Waals surface area (Å²) < 4.78 is 59.7. The van der Waals surface area contributed by atoms with Gasteiger partial charge in [-0.3, -0.25) is 0 Å². The molecule has 0 radical (unpaired) electrons. The maximum atomic E-state index is 12.8. The first-order chi connectivity index (χ1) is 6.27. The van der Waals surface area contributed by atoms with E-state index >= 15 is 0 Å². The lowest BCUT2D eigenvalue weighted by molar-refractivity contribution is -0.274. The molecule has 0 aliphatic carbocycles. The first-order valence-corrected chi connectivity index (χ1v) is 6.04. The highest BCUT2D eigenvalue weighted by molar-refractivity contribution is 8.17. The summed E-state index contributed by atoms with van der Waals surface area (Å²) in [5.41, 5.74) is 0. The van der Waals surface area contributed by atoms with Crippen LogP contribution in [-0.4, -0.2) is 28.2 Å². The minimum atomic E-state index is -5.46. The standard InChI is InChI=1S/C7H11F5S2/c1-3-13-5(14-4-2)6(8,9)7(10,11)12/h5H,3-4H2,1-2H3. The smallest absolute Gasteiger partial charge is 0.194 e. The molecule has 0 rings (SSSR count). The van der Waals surface area contributed by atoms with Gasteiger partial charge in [0.15, 0.2) is 0 Å². The summed E-state index contributed by atoms with van der Waals surface area (Å²) in [6, 6.07) is 0. The number of rotatable bonds is 5. The molecule has 0 aromatic carbocycles. The van der Waals surface area contributed by atoms with Crippen LogP contribution in [0.15, 0.2) is 0 Å². The second kappa shape index (κ2) is 5.44. The summed E-state index contributed by atoms with van der Waals surface area (Å²) in [6.07, 6.45) is -5.46. The lowest BCUT2D eigenvalue weighted by Gasteiger charge is -2.27. The normalized spacial score (nSPS) is 13.7. The van der Waals surface area contributed by atoms with Gasteiger partial charge in [-0.2, -0.15) is 22.0 Å². The molecule has 14 heavy (non-hydrogen) atoms. The summed E-state index contributed by atoms with van der Waals surface area (Å²) in [5.74, 6) is -4.14. The summed E-state index contributed by atoms with van der Waals surface area (Å²) in [7, 11) is 0. The Morgan fingerprint density at radius 1 is 0.929 bits per heavy atom. The van der Waals surface area contributed by atoms with Gasteiger partial charge in [-0.25, -0.2) is 0 Å². The highest BCUT2D eigenvalue weighted by Crippen LogP contribution is 2.46. The molecule has 0 spiro atoms. The Kier molecular flexibility index (Phi) is 5.57. The van der Waals surface area contributed by atoms with Crippen molar-refractivity contribution in [2.75, 3.05) is 11.5 Å². The van der Waals surface area contributed by atoms with Gasteiger partial charge in [0, 0.05) is 0 Å². The van der Waals surface area contributed by atoms with Gasteiger partial charge >= 0.3 is 12.1 Å². The van der Waals surface area contributed by atoms with Crippen molar-refractivity contribution < 1.29 is 22.0 Å². The molecule has 0 aromatic heterocycles. The van der Waals surface area contributed by atoms with Crippen molar-refractivity contribution in [3.8, 4) is 0 Å². The number of hydrogen-bond donors (Lipinski definition) is 0. The van der Waals surface area contributed by atoms with E-state index in [1.54, 1.807) is 13.8 Å². The summed E-state index contributed by atoms with van der Waals surface area (Å²) in [4.78, 5) is 0. The van der Waals surface area contributed by atoms with Crippen LogP contribution in [0.4, 0.5) is 22.0 Å². The third-order valence-electron chi connectivity index (χ3n) is 1.31. The van der Waals surface area contributed by atoms with Crippen LogP contribution in [0.1, 0.15) is 13.8 Å². The molecular formula is C7H11F5S2. The fraction of sp³-hybridized carbons (Fsp3) is 1.00. The van der Waals surface area contributed by atoms with E-state index in [2.05, 4.69) is 0 Å². The molecular weight excluding hydrogens is 243 g/mol. The molecule has 0 saturated heterocycles. The lowest BCUT2D eigenvalue weighted by Crippen LogP contribution is -2.44. The van der Waals surface area contributed by atoms with Gasteiger partial charge in [0.05, 0.1) is 0 Å². The molecule has 0 unspecified atom stereocenters. The van der Waals surface area contributed by atoms with E-state index in [9.17, 15) is 22.0 Å². The summed E-state index contributed by atoms with van der Waals surface area (Å²) in [6.45, 7) is 3.11. The Labute approximate surface area is 88.0 Å². The fourth-order valence-corrected chi connectivity index (χ4v) is 3.19. The molecule has 0 fully saturated rings. The average molecular weight is 254 g/mol. The molecule has 0 aliphatic heterocycles. The van der Waals surface area contributed by atoms with E-state index < -0.39 is 16.7 Å². The van der Waals surface area contributed by atoms with Crippen molar-refractivity contribution in [1.82, 2.24) is 0 Å². The SMILES string of the molecule is CCSC(SCC)C(F)(F)C(F)(F)F. The maximum Gasteiger partial charge on any atom is 0.455 e. The Morgan fingerprint density at radius 2 is 1.29 bits per heavy atom. The van der Waals surface area contributed by atoms with Crippen LogP contribution in [-0.2, 0) is 0 Å². The number of hydrogen-bond acceptors (Lipinski definition) is 2. The Balaban J connectivity index is 4.61. The zero-order valence-electron chi connectivity index (χ0n) is 7.70. The topological polar surface area (TPSA) is 0 Å². The first kappa shape index (κ1) is 14.3. The first-order valence-electron chi connectivity index (χ1n) is 3.95. The predicted octanol–water partition coefficient (Wildman–Crippen LogP) is 4.02. The lowest BCUT2D eigenvalue weighted by atomic mass is 10.4. The number of thioether (sulfide) groups is 2. The van der Waals surface area contributed by atoms with Crippen molar-refractivity contribution in [2.24, 2.45) is 0 Å². The minimum absolute atomic E-state index is 0.239. The molecule has 0 aliphatic rings. The van der Waals surface area contributed by atoms with Crippen molar-refractivity contribution in [3.05, 3.63) is 0 Å². The summed E-state index contributed by atoms with van der Waals surface area (Å²) >= 11 is 1.26. The minimum Gasteiger partial charge on any atom is -0.194 e. The van der Waals surface area contributed by atoms with Crippen LogP contribution in [0.5, 0.6) is 0 Å². The molecule has 0 amide bonds. The van der Waals surface area contributed by atoms with Crippen LogP contribution < -0.4 is 0 Å². The molecule has 0 atom stereocenters. The van der Waals surface area contributed by atoms with Gasteiger partial charge in [0.1, 0.15) is 4.58 Å². The molecule has 86 valence electrons. The van der Waals surface area contributed by atoms with E-state index in [0.717, 1.165) is 0 Å². The van der Waals surface area contributed by atoms with Crippen LogP contribution in [0.3, 0.4) is 0 Å². The second-order valence-electron chi connectivity index (χ2n) is 2.36.